The number of carbonyl (C=O) groups excluding carboxylic acids is 2. The fraction of sp³-hybridized carbons (Fsp3) is 0.200. The molecule has 5 N–H and O–H groups in total. The summed E-state index contributed by atoms with van der Waals surface area (Å²) in [6.45, 7) is 5.14. The molecule has 0 fully saturated rings. The summed E-state index contributed by atoms with van der Waals surface area (Å²) in [5.41, 5.74) is 5.75. The number of ether oxygens (including phenoxy) is 1. The average Bonchev–Trinajstić information content (AvgIpc) is 2.50. The lowest BCUT2D eigenvalue weighted by Crippen LogP contribution is -2.49. The van der Waals surface area contributed by atoms with Gasteiger partial charge in [0.25, 0.3) is 5.91 Å². The van der Waals surface area contributed by atoms with Crippen molar-refractivity contribution in [1.29, 1.82) is 0 Å². The van der Waals surface area contributed by atoms with Crippen LogP contribution in [0.2, 0.25) is 5.02 Å². The molecule has 128 valence electrons. The van der Waals surface area contributed by atoms with Crippen LogP contribution in [0.3, 0.4) is 0 Å². The molecule has 0 radical (unpaired) electrons. The Labute approximate surface area is 142 Å². The minimum atomic E-state index is -0.612. The summed E-state index contributed by atoms with van der Waals surface area (Å²) in [6, 6.07) is 3.05. The Kier molecular flexibility index (Phi) is 5.30. The summed E-state index contributed by atoms with van der Waals surface area (Å²) in [7, 11) is 0. The molecule has 7 nitrogen and oxygen atoms in total. The molecule has 1 heterocycles. The van der Waals surface area contributed by atoms with E-state index in [-0.39, 0.29) is 34.5 Å². The van der Waals surface area contributed by atoms with Gasteiger partial charge in [0.2, 0.25) is 0 Å². The van der Waals surface area contributed by atoms with Gasteiger partial charge in [-0.15, -0.1) is 0 Å². The largest absolute Gasteiger partial charge is 0.487 e. The summed E-state index contributed by atoms with van der Waals surface area (Å²) in [5, 5.41) is 7.35. The molecule has 0 spiro atoms. The molecule has 0 aliphatic carbocycles. The number of nitrogens with one attached hydrogen (secondary N) is 3. The normalized spacial score (nSPS) is 15.5. The maximum atomic E-state index is 13.6. The maximum Gasteiger partial charge on any atom is 0.323 e. The quantitative estimate of drug-likeness (QED) is 0.640. The van der Waals surface area contributed by atoms with Crippen LogP contribution in [0, 0.1) is 5.82 Å². The molecule has 1 aliphatic heterocycles. The molecule has 1 aromatic rings. The zero-order valence-corrected chi connectivity index (χ0v) is 13.5. The van der Waals surface area contributed by atoms with Gasteiger partial charge in [0.15, 0.2) is 11.6 Å². The van der Waals surface area contributed by atoms with Gasteiger partial charge in [-0.1, -0.05) is 24.2 Å². The predicted octanol–water partition coefficient (Wildman–Crippen LogP) is 1.36. The number of hydrogen-bond donors (Lipinski definition) is 4. The highest BCUT2D eigenvalue weighted by atomic mass is 35.5. The van der Waals surface area contributed by atoms with E-state index in [2.05, 4.69) is 22.5 Å². The topological polar surface area (TPSA) is 105 Å². The number of halogens is 2. The van der Waals surface area contributed by atoms with Crippen LogP contribution in [0.15, 0.2) is 41.9 Å². The predicted molar refractivity (Wildman–Crippen MR) is 86.5 cm³/mol. The molecule has 2 rings (SSSR count). The van der Waals surface area contributed by atoms with E-state index in [0.717, 1.165) is 0 Å². The van der Waals surface area contributed by atoms with Crippen molar-refractivity contribution < 1.29 is 18.7 Å². The van der Waals surface area contributed by atoms with Crippen LogP contribution in [0.4, 0.5) is 9.18 Å². The van der Waals surface area contributed by atoms with Crippen molar-refractivity contribution in [3.63, 3.8) is 0 Å². The maximum absolute atomic E-state index is 13.6. The van der Waals surface area contributed by atoms with E-state index in [1.165, 1.54) is 18.2 Å². The molecule has 24 heavy (non-hydrogen) atoms. The molecule has 0 unspecified atom stereocenters. The first-order chi connectivity index (χ1) is 11.3. The van der Waals surface area contributed by atoms with Gasteiger partial charge in [0, 0.05) is 0 Å². The minimum absolute atomic E-state index is 0.0253. The van der Waals surface area contributed by atoms with Gasteiger partial charge >= 0.3 is 6.03 Å². The summed E-state index contributed by atoms with van der Waals surface area (Å²) in [4.78, 5) is 23.5. The standard InChI is InChI=1S/C15H16ClFN4O3/c1-7(6-24-13-9(16)4-3-5-10(13)17)19-14(22)12-11(18)8(2)20-15(23)21-12/h3-5,7H,2,6,18H2,1H3,(H,19,22)(H2,20,21,23)/t7-/m1/s1. The van der Waals surface area contributed by atoms with Gasteiger partial charge in [-0.3, -0.25) is 4.79 Å². The van der Waals surface area contributed by atoms with Crippen LogP contribution in [0.5, 0.6) is 5.75 Å². The third-order valence-corrected chi connectivity index (χ3v) is 3.40. The van der Waals surface area contributed by atoms with E-state index in [0.29, 0.717) is 0 Å². The van der Waals surface area contributed by atoms with Crippen molar-refractivity contribution in [2.45, 2.75) is 13.0 Å². The number of urea groups is 1. The van der Waals surface area contributed by atoms with Crippen LogP contribution < -0.4 is 26.4 Å². The van der Waals surface area contributed by atoms with Crippen molar-refractivity contribution in [2.75, 3.05) is 6.61 Å². The summed E-state index contributed by atoms with van der Waals surface area (Å²) >= 11 is 5.85. The molecular weight excluding hydrogens is 339 g/mol. The van der Waals surface area contributed by atoms with Crippen LogP contribution in [-0.2, 0) is 4.79 Å². The number of rotatable bonds is 5. The number of nitrogens with two attached hydrogens (primary N) is 1. The number of amides is 3. The number of para-hydroxylation sites is 1. The molecule has 9 heteroatoms. The highest BCUT2D eigenvalue weighted by Gasteiger charge is 2.24. The Hall–Kier alpha value is -2.74. The molecule has 0 saturated carbocycles. The van der Waals surface area contributed by atoms with Crippen LogP contribution in [0.1, 0.15) is 6.92 Å². The summed E-state index contributed by atoms with van der Waals surface area (Å²) in [6.07, 6.45) is 0. The molecule has 0 bridgehead atoms. The van der Waals surface area contributed by atoms with E-state index in [1.807, 2.05) is 0 Å². The van der Waals surface area contributed by atoms with E-state index in [1.54, 1.807) is 6.92 Å². The smallest absolute Gasteiger partial charge is 0.323 e. The van der Waals surface area contributed by atoms with Gasteiger partial charge in [0.1, 0.15) is 12.3 Å². The fourth-order valence-electron chi connectivity index (χ4n) is 1.91. The first-order valence-corrected chi connectivity index (χ1v) is 7.32. The van der Waals surface area contributed by atoms with E-state index in [9.17, 15) is 14.0 Å². The first-order valence-electron chi connectivity index (χ1n) is 6.94. The molecule has 3 amide bonds. The number of hydrogen-bond acceptors (Lipinski definition) is 4. The van der Waals surface area contributed by atoms with E-state index in [4.69, 9.17) is 22.1 Å². The van der Waals surface area contributed by atoms with Gasteiger partial charge < -0.3 is 26.4 Å². The Bertz CT molecular complexity index is 715. The lowest BCUT2D eigenvalue weighted by molar-refractivity contribution is -0.118. The minimum Gasteiger partial charge on any atom is -0.487 e. The summed E-state index contributed by atoms with van der Waals surface area (Å²) in [5.74, 6) is -1.31. The zero-order valence-electron chi connectivity index (χ0n) is 12.8. The van der Waals surface area contributed by atoms with Gasteiger partial charge in [-0.2, -0.15) is 0 Å². The molecule has 1 atom stereocenters. The van der Waals surface area contributed by atoms with Crippen molar-refractivity contribution in [2.24, 2.45) is 5.73 Å². The Morgan fingerprint density at radius 2 is 2.21 bits per heavy atom. The van der Waals surface area contributed by atoms with Crippen LogP contribution in [0.25, 0.3) is 0 Å². The SMILES string of the molecule is C=C1NC(=O)NC(C(=O)N[C@H](C)COc2c(F)cccc2Cl)=C1N. The molecule has 1 aromatic carbocycles. The monoisotopic (exact) mass is 354 g/mol. The Balaban J connectivity index is 1.98. The molecular formula is C15H16ClFN4O3. The number of carbonyl (C=O) groups is 2. The fourth-order valence-corrected chi connectivity index (χ4v) is 2.13. The second-order valence-electron chi connectivity index (χ2n) is 5.08. The van der Waals surface area contributed by atoms with Crippen LogP contribution >= 0.6 is 11.6 Å². The molecule has 0 aromatic heterocycles. The molecule has 1 aliphatic rings. The van der Waals surface area contributed by atoms with Crippen molar-refractivity contribution in [3.05, 3.63) is 52.7 Å². The first kappa shape index (κ1) is 17.6. The summed E-state index contributed by atoms with van der Waals surface area (Å²) < 4.78 is 18.9. The lowest BCUT2D eigenvalue weighted by atomic mass is 10.2. The van der Waals surface area contributed by atoms with Gasteiger partial charge in [-0.05, 0) is 19.1 Å². The van der Waals surface area contributed by atoms with Crippen molar-refractivity contribution in [3.8, 4) is 5.75 Å². The second-order valence-corrected chi connectivity index (χ2v) is 5.49. The van der Waals surface area contributed by atoms with Crippen LogP contribution in [-0.4, -0.2) is 24.6 Å². The second kappa shape index (κ2) is 7.22. The van der Waals surface area contributed by atoms with Gasteiger partial charge in [0.05, 0.1) is 22.5 Å². The third-order valence-electron chi connectivity index (χ3n) is 3.10. The highest BCUT2D eigenvalue weighted by Crippen LogP contribution is 2.27. The number of benzene rings is 1. The third kappa shape index (κ3) is 3.96. The van der Waals surface area contributed by atoms with Crippen molar-refractivity contribution in [1.82, 2.24) is 16.0 Å². The van der Waals surface area contributed by atoms with Gasteiger partial charge in [-0.25, -0.2) is 9.18 Å². The lowest BCUT2D eigenvalue weighted by Gasteiger charge is -2.22. The highest BCUT2D eigenvalue weighted by molar-refractivity contribution is 6.32. The van der Waals surface area contributed by atoms with E-state index < -0.39 is 23.8 Å². The van der Waals surface area contributed by atoms with E-state index >= 15 is 0 Å². The van der Waals surface area contributed by atoms with Crippen molar-refractivity contribution >= 4 is 23.5 Å². The Morgan fingerprint density at radius 3 is 2.88 bits per heavy atom. The average molecular weight is 355 g/mol. The zero-order chi connectivity index (χ0) is 17.9. The Morgan fingerprint density at radius 1 is 1.50 bits per heavy atom. The molecule has 0 saturated heterocycles.